The third-order valence-electron chi connectivity index (χ3n) is 11.2. The number of nitrogens with zero attached hydrogens (tertiary/aromatic N) is 6. The standard InChI is InChI=1S/C45H52N8O6S/c1-28-41(60-27-46-28)31-11-9-30(10-12-31)37(26-54)48-43(58)38-22-34(55)24-53(38)44(59)42(45(2,3)4)49-40(57)25-51-17-19-52(20-18-51)33-15-13-29(14-16-33)32-21-36(50-47-23-32)35-7-5-6-8-39(35)56/h5-16,21,23,27,34,37-38,42,54-56H,17-20,22,24-26H2,1-4H3,(H,48,58)(H,49,57)/t34-,37?,38+,42-/m1/s1. The summed E-state index contributed by atoms with van der Waals surface area (Å²) in [6.07, 6.45) is 0.821. The molecule has 0 spiro atoms. The van der Waals surface area contributed by atoms with Gasteiger partial charge in [0.15, 0.2) is 0 Å². The van der Waals surface area contributed by atoms with Crippen molar-refractivity contribution in [2.24, 2.45) is 5.41 Å². The highest BCUT2D eigenvalue weighted by molar-refractivity contribution is 7.13. The molecule has 4 atom stereocenters. The molecule has 2 aromatic heterocycles. The molecule has 0 saturated carbocycles. The Balaban J connectivity index is 0.933. The first-order valence-corrected chi connectivity index (χ1v) is 21.1. The van der Waals surface area contributed by atoms with Crippen LogP contribution in [0.15, 0.2) is 90.6 Å². The molecule has 5 N–H and O–H groups in total. The largest absolute Gasteiger partial charge is 0.507 e. The van der Waals surface area contributed by atoms with Crippen LogP contribution in [0.25, 0.3) is 32.8 Å². The summed E-state index contributed by atoms with van der Waals surface area (Å²) in [5, 5.41) is 45.5. The summed E-state index contributed by atoms with van der Waals surface area (Å²) >= 11 is 1.54. The molecular formula is C45H52N8O6S. The maximum Gasteiger partial charge on any atom is 0.246 e. The molecule has 2 aliphatic rings. The van der Waals surface area contributed by atoms with Gasteiger partial charge in [0.2, 0.25) is 17.7 Å². The fraction of sp³-hybridized carbons (Fsp3) is 0.378. The highest BCUT2D eigenvalue weighted by Gasteiger charge is 2.45. The van der Waals surface area contributed by atoms with Crippen LogP contribution in [0.3, 0.4) is 0 Å². The number of carbonyl (C=O) groups excluding carboxylic acids is 3. The van der Waals surface area contributed by atoms with E-state index in [-0.39, 0.29) is 37.8 Å². The highest BCUT2D eigenvalue weighted by atomic mass is 32.1. The number of aliphatic hydroxyl groups is 2. The number of benzene rings is 3. The maximum atomic E-state index is 14.2. The maximum absolute atomic E-state index is 14.2. The van der Waals surface area contributed by atoms with Crippen LogP contribution in [0.2, 0.25) is 0 Å². The number of piperazine rings is 1. The summed E-state index contributed by atoms with van der Waals surface area (Å²) in [7, 11) is 0. The van der Waals surface area contributed by atoms with Gasteiger partial charge >= 0.3 is 0 Å². The molecule has 14 nitrogen and oxygen atoms in total. The molecule has 0 aliphatic carbocycles. The zero-order valence-electron chi connectivity index (χ0n) is 34.3. The average molecular weight is 833 g/mol. The molecule has 60 heavy (non-hydrogen) atoms. The van der Waals surface area contributed by atoms with E-state index in [0.29, 0.717) is 43.0 Å². The van der Waals surface area contributed by atoms with Gasteiger partial charge in [-0.3, -0.25) is 19.3 Å². The molecule has 2 fully saturated rings. The summed E-state index contributed by atoms with van der Waals surface area (Å²) < 4.78 is 0. The monoisotopic (exact) mass is 832 g/mol. The molecule has 3 aromatic carbocycles. The molecule has 0 radical (unpaired) electrons. The molecule has 2 aliphatic heterocycles. The molecule has 1 unspecified atom stereocenters. The lowest BCUT2D eigenvalue weighted by atomic mass is 9.85. The van der Waals surface area contributed by atoms with E-state index in [1.807, 2.05) is 76.2 Å². The Hall–Kier alpha value is -5.74. The highest BCUT2D eigenvalue weighted by Crippen LogP contribution is 2.32. The molecule has 7 rings (SSSR count). The van der Waals surface area contributed by atoms with E-state index in [2.05, 4.69) is 47.7 Å². The number of para-hydroxylation sites is 1. The van der Waals surface area contributed by atoms with E-state index < -0.39 is 41.5 Å². The first-order chi connectivity index (χ1) is 28.8. The number of aliphatic hydroxyl groups excluding tert-OH is 2. The minimum Gasteiger partial charge on any atom is -0.507 e. The Labute approximate surface area is 353 Å². The molecule has 4 heterocycles. The van der Waals surface area contributed by atoms with Crippen LogP contribution in [-0.4, -0.2) is 122 Å². The SMILES string of the molecule is Cc1ncsc1-c1ccc(C(CO)NC(=O)[C@@H]2C[C@@H](O)CN2C(=O)[C@@H](NC(=O)CN2CCN(c3ccc(-c4cnnc(-c5ccccc5O)c4)cc3)CC2)C(C)(C)C)cc1. The number of aromatic hydroxyl groups is 1. The molecule has 0 bridgehead atoms. The molecule has 314 valence electrons. The van der Waals surface area contributed by atoms with E-state index in [9.17, 15) is 29.7 Å². The lowest BCUT2D eigenvalue weighted by Crippen LogP contribution is -2.59. The number of aryl methyl sites for hydroxylation is 1. The number of hydrogen-bond acceptors (Lipinski definition) is 12. The Morgan fingerprint density at radius 2 is 1.62 bits per heavy atom. The van der Waals surface area contributed by atoms with E-state index in [1.165, 1.54) is 16.2 Å². The molecule has 15 heteroatoms. The number of phenols is 1. The number of rotatable bonds is 12. The fourth-order valence-corrected chi connectivity index (χ4v) is 8.67. The van der Waals surface area contributed by atoms with Gasteiger partial charge in [0.05, 0.1) is 53.3 Å². The van der Waals surface area contributed by atoms with Gasteiger partial charge in [-0.1, -0.05) is 69.3 Å². The van der Waals surface area contributed by atoms with Crippen LogP contribution < -0.4 is 15.5 Å². The van der Waals surface area contributed by atoms with Gasteiger partial charge in [-0.25, -0.2) is 4.98 Å². The summed E-state index contributed by atoms with van der Waals surface area (Å²) in [6, 6.07) is 22.0. The Morgan fingerprint density at radius 1 is 0.917 bits per heavy atom. The van der Waals surface area contributed by atoms with Crippen molar-refractivity contribution in [3.8, 4) is 38.6 Å². The molecule has 5 aromatic rings. The van der Waals surface area contributed by atoms with Gasteiger partial charge in [0.1, 0.15) is 17.8 Å². The number of hydrogen-bond donors (Lipinski definition) is 5. The van der Waals surface area contributed by atoms with Crippen LogP contribution in [0.4, 0.5) is 5.69 Å². The number of amides is 3. The third-order valence-corrected chi connectivity index (χ3v) is 12.2. The minimum absolute atomic E-state index is 0.0403. The van der Waals surface area contributed by atoms with Gasteiger partial charge in [-0.15, -0.1) is 11.3 Å². The van der Waals surface area contributed by atoms with Crippen LogP contribution in [0.1, 0.15) is 44.5 Å². The number of phenolic OH excluding ortho intramolecular Hbond substituents is 1. The predicted molar refractivity (Wildman–Crippen MR) is 231 cm³/mol. The quantitative estimate of drug-likeness (QED) is 0.120. The van der Waals surface area contributed by atoms with Crippen molar-refractivity contribution in [3.05, 3.63) is 102 Å². The van der Waals surface area contributed by atoms with Crippen molar-refractivity contribution >= 4 is 34.7 Å². The molecular weight excluding hydrogens is 781 g/mol. The summed E-state index contributed by atoms with van der Waals surface area (Å²) in [4.78, 5) is 52.6. The number of aromatic nitrogens is 3. The van der Waals surface area contributed by atoms with E-state index >= 15 is 0 Å². The smallest absolute Gasteiger partial charge is 0.246 e. The van der Waals surface area contributed by atoms with Gasteiger partial charge in [0.25, 0.3) is 0 Å². The van der Waals surface area contributed by atoms with Crippen molar-refractivity contribution in [3.63, 3.8) is 0 Å². The minimum atomic E-state index is -0.979. The van der Waals surface area contributed by atoms with Crippen molar-refractivity contribution in [2.75, 3.05) is 50.8 Å². The number of thiazole rings is 1. The summed E-state index contributed by atoms with van der Waals surface area (Å²) in [5.74, 6) is -1.08. The second-order valence-corrected chi connectivity index (χ2v) is 17.4. The van der Waals surface area contributed by atoms with Crippen molar-refractivity contribution in [1.29, 1.82) is 0 Å². The van der Waals surface area contributed by atoms with Crippen molar-refractivity contribution in [1.82, 2.24) is 35.6 Å². The number of carbonyl (C=O) groups is 3. The lowest BCUT2D eigenvalue weighted by Gasteiger charge is -2.38. The normalized spacial score (nSPS) is 18.2. The second-order valence-electron chi connectivity index (χ2n) is 16.6. The van der Waals surface area contributed by atoms with E-state index in [1.54, 1.807) is 29.9 Å². The predicted octanol–water partition coefficient (Wildman–Crippen LogP) is 4.41. The van der Waals surface area contributed by atoms with E-state index in [4.69, 9.17) is 0 Å². The van der Waals surface area contributed by atoms with Gasteiger partial charge < -0.3 is 35.8 Å². The van der Waals surface area contributed by atoms with E-state index in [0.717, 1.165) is 32.9 Å². The molecule has 2 saturated heterocycles. The van der Waals surface area contributed by atoms with Crippen LogP contribution in [-0.2, 0) is 14.4 Å². The second kappa shape index (κ2) is 18.3. The number of nitrogens with one attached hydrogen (secondary N) is 2. The third kappa shape index (κ3) is 9.65. The van der Waals surface area contributed by atoms with Gasteiger partial charge in [0, 0.05) is 56.0 Å². The average Bonchev–Trinajstić information content (AvgIpc) is 3.87. The van der Waals surface area contributed by atoms with Gasteiger partial charge in [-0.05, 0) is 59.4 Å². The summed E-state index contributed by atoms with van der Waals surface area (Å²) in [6.45, 7) is 9.91. The Bertz CT molecular complexity index is 2290. The summed E-state index contributed by atoms with van der Waals surface area (Å²) in [5.41, 5.74) is 7.81. The first kappa shape index (κ1) is 42.4. The fourth-order valence-electron chi connectivity index (χ4n) is 7.85. The zero-order chi connectivity index (χ0) is 42.6. The molecule has 3 amide bonds. The Morgan fingerprint density at radius 3 is 2.27 bits per heavy atom. The van der Waals surface area contributed by atoms with Crippen molar-refractivity contribution in [2.45, 2.75) is 58.3 Å². The first-order valence-electron chi connectivity index (χ1n) is 20.2. The zero-order valence-corrected chi connectivity index (χ0v) is 35.1. The van der Waals surface area contributed by atoms with Gasteiger partial charge in [-0.2, -0.15) is 10.2 Å². The Kier molecular flexibility index (Phi) is 12.9. The number of β-amino-alcohol motifs (C(OH)–C–C–N with tert-alkyl or cyclic N) is 1. The van der Waals surface area contributed by atoms with Crippen molar-refractivity contribution < 1.29 is 29.7 Å². The number of anilines is 1. The van der Waals surface area contributed by atoms with Crippen LogP contribution >= 0.6 is 11.3 Å². The van der Waals surface area contributed by atoms with Crippen LogP contribution in [0, 0.1) is 12.3 Å². The lowest BCUT2D eigenvalue weighted by molar-refractivity contribution is -0.144. The topological polar surface area (TPSA) is 184 Å². The van der Waals surface area contributed by atoms with Crippen LogP contribution in [0.5, 0.6) is 5.75 Å². The number of likely N-dealkylation sites (tertiary alicyclic amines) is 1.